The molecule has 0 unspecified atom stereocenters. The zero-order chi connectivity index (χ0) is 17.6. The molecule has 0 aliphatic heterocycles. The Kier molecular flexibility index (Phi) is 3.66. The molecular formula is C19H13ClN2O3. The van der Waals surface area contributed by atoms with Crippen molar-refractivity contribution in [3.63, 3.8) is 0 Å². The second-order valence-electron chi connectivity index (χ2n) is 5.89. The van der Waals surface area contributed by atoms with Gasteiger partial charge in [-0.15, -0.1) is 0 Å². The summed E-state index contributed by atoms with van der Waals surface area (Å²) >= 11 is 6.22. The van der Waals surface area contributed by atoms with Gasteiger partial charge < -0.3 is 5.11 Å². The molecule has 25 heavy (non-hydrogen) atoms. The number of hydrogen-bond donors (Lipinski definition) is 1. The highest BCUT2D eigenvalue weighted by molar-refractivity contribution is 6.32. The van der Waals surface area contributed by atoms with Crippen LogP contribution >= 0.6 is 11.6 Å². The van der Waals surface area contributed by atoms with Gasteiger partial charge in [-0.25, -0.2) is 9.78 Å². The number of carboxylic acid groups (broad SMARTS) is 1. The third kappa shape index (κ3) is 2.62. The number of carboxylic acids is 1. The Hall–Kier alpha value is -2.92. The third-order valence-electron chi connectivity index (χ3n) is 4.35. The summed E-state index contributed by atoms with van der Waals surface area (Å²) in [6.07, 6.45) is 4.56. The molecule has 1 aromatic carbocycles. The zero-order valence-electron chi connectivity index (χ0n) is 13.1. The summed E-state index contributed by atoms with van der Waals surface area (Å²) in [4.78, 5) is 28.4. The number of aromatic carboxylic acids is 1. The van der Waals surface area contributed by atoms with Crippen molar-refractivity contribution in [1.29, 1.82) is 0 Å². The van der Waals surface area contributed by atoms with Crippen molar-refractivity contribution < 1.29 is 9.90 Å². The average Bonchev–Trinajstić information content (AvgIpc) is 3.00. The van der Waals surface area contributed by atoms with E-state index in [1.54, 1.807) is 6.07 Å². The number of rotatable bonds is 2. The Morgan fingerprint density at radius 2 is 2.00 bits per heavy atom. The van der Waals surface area contributed by atoms with Crippen molar-refractivity contribution in [2.24, 2.45) is 0 Å². The lowest BCUT2D eigenvalue weighted by atomic mass is 10.1. The van der Waals surface area contributed by atoms with E-state index in [4.69, 9.17) is 16.7 Å². The zero-order valence-corrected chi connectivity index (χ0v) is 13.8. The van der Waals surface area contributed by atoms with Crippen LogP contribution in [-0.2, 0) is 6.42 Å². The first-order valence-corrected chi connectivity index (χ1v) is 8.16. The number of carbonyl (C=O) groups is 1. The molecule has 2 aromatic heterocycles. The van der Waals surface area contributed by atoms with Crippen LogP contribution in [-0.4, -0.2) is 20.5 Å². The van der Waals surface area contributed by atoms with Gasteiger partial charge in [0.05, 0.1) is 11.3 Å². The summed E-state index contributed by atoms with van der Waals surface area (Å²) in [6.45, 7) is 0. The highest BCUT2D eigenvalue weighted by Crippen LogP contribution is 2.32. The molecule has 2 heterocycles. The minimum absolute atomic E-state index is 0.0566. The molecular weight excluding hydrogens is 340 g/mol. The minimum atomic E-state index is -1.08. The monoisotopic (exact) mass is 352 g/mol. The van der Waals surface area contributed by atoms with Gasteiger partial charge in [-0.05, 0) is 48.3 Å². The van der Waals surface area contributed by atoms with E-state index in [9.17, 15) is 9.59 Å². The van der Waals surface area contributed by atoms with Crippen LogP contribution in [0.1, 0.15) is 33.6 Å². The Bertz CT molecular complexity index is 1120. The maximum Gasteiger partial charge on any atom is 0.337 e. The Labute approximate surface area is 147 Å². The lowest BCUT2D eigenvalue weighted by Crippen LogP contribution is -2.20. The van der Waals surface area contributed by atoms with Gasteiger partial charge in [0.15, 0.2) is 0 Å². The molecule has 5 nitrogen and oxygen atoms in total. The maximum absolute atomic E-state index is 12.7. The number of fused-ring (bicyclic) bond motifs is 2. The van der Waals surface area contributed by atoms with Crippen molar-refractivity contribution >= 4 is 34.9 Å². The Morgan fingerprint density at radius 1 is 1.20 bits per heavy atom. The van der Waals surface area contributed by atoms with E-state index in [2.05, 4.69) is 4.98 Å². The number of halogens is 1. The normalized spacial score (nSPS) is 14.8. The molecule has 0 fully saturated rings. The first-order chi connectivity index (χ1) is 12.0. The van der Waals surface area contributed by atoms with Crippen molar-refractivity contribution in [3.8, 4) is 0 Å². The maximum atomic E-state index is 12.7. The summed E-state index contributed by atoms with van der Waals surface area (Å²) in [5.41, 5.74) is 3.40. The van der Waals surface area contributed by atoms with Crippen molar-refractivity contribution in [1.82, 2.24) is 9.38 Å². The lowest BCUT2D eigenvalue weighted by molar-refractivity contribution is 0.0696. The fourth-order valence-electron chi connectivity index (χ4n) is 3.09. The third-order valence-corrected chi connectivity index (χ3v) is 4.69. The number of benzene rings is 1. The molecule has 0 amide bonds. The van der Waals surface area contributed by atoms with Gasteiger partial charge in [0.2, 0.25) is 0 Å². The van der Waals surface area contributed by atoms with Crippen LogP contribution < -0.4 is 5.56 Å². The molecule has 0 saturated heterocycles. The van der Waals surface area contributed by atoms with Crippen LogP contribution in [0.4, 0.5) is 0 Å². The average molecular weight is 353 g/mol. The molecule has 1 aliphatic carbocycles. The number of pyridine rings is 1. The van der Waals surface area contributed by atoms with E-state index in [0.717, 1.165) is 11.1 Å². The molecule has 124 valence electrons. The van der Waals surface area contributed by atoms with Gasteiger partial charge in [0, 0.05) is 16.8 Å². The summed E-state index contributed by atoms with van der Waals surface area (Å²) in [5.74, 6) is -1.08. The van der Waals surface area contributed by atoms with Gasteiger partial charge in [-0.3, -0.25) is 9.20 Å². The fourth-order valence-corrected chi connectivity index (χ4v) is 3.28. The molecule has 1 aliphatic rings. The second-order valence-corrected chi connectivity index (χ2v) is 6.29. The standard InChI is InChI=1S/C19H13ClN2O3/c20-15-4-2-1-3-11(15)9-12-5-7-14-17(12)21-16-8-6-13(19(24)25)10-22(16)18(14)23/h1-4,6,8-10H,5,7H2,(H,24,25)/b12-9-. The smallest absolute Gasteiger partial charge is 0.337 e. The highest BCUT2D eigenvalue weighted by atomic mass is 35.5. The predicted molar refractivity (Wildman–Crippen MR) is 96.1 cm³/mol. The largest absolute Gasteiger partial charge is 0.478 e. The molecule has 0 bridgehead atoms. The molecule has 6 heteroatoms. The van der Waals surface area contributed by atoms with Gasteiger partial charge in [-0.2, -0.15) is 0 Å². The molecule has 4 rings (SSSR count). The predicted octanol–water partition coefficient (Wildman–Crippen LogP) is 3.53. The molecule has 0 atom stereocenters. The van der Waals surface area contributed by atoms with E-state index >= 15 is 0 Å². The quantitative estimate of drug-likeness (QED) is 0.765. The number of nitrogens with zero attached hydrogens (tertiary/aromatic N) is 2. The van der Waals surface area contributed by atoms with Crippen LogP contribution in [0.25, 0.3) is 17.3 Å². The molecule has 1 N–H and O–H groups in total. The summed E-state index contributed by atoms with van der Waals surface area (Å²) in [5, 5.41) is 9.75. The SMILES string of the molecule is O=C(O)c1ccc2nc3c(c(=O)n2c1)CC/C3=C/c1ccccc1Cl. The van der Waals surface area contributed by atoms with Crippen LogP contribution in [0.5, 0.6) is 0 Å². The topological polar surface area (TPSA) is 71.7 Å². The van der Waals surface area contributed by atoms with Crippen LogP contribution in [0.15, 0.2) is 47.4 Å². The summed E-state index contributed by atoms with van der Waals surface area (Å²) < 4.78 is 1.31. The lowest BCUT2D eigenvalue weighted by Gasteiger charge is -2.06. The summed E-state index contributed by atoms with van der Waals surface area (Å²) in [6, 6.07) is 10.5. The Balaban J connectivity index is 1.90. The molecule has 0 spiro atoms. The van der Waals surface area contributed by atoms with Crippen LogP contribution in [0.3, 0.4) is 0 Å². The number of allylic oxidation sites excluding steroid dienone is 1. The van der Waals surface area contributed by atoms with Crippen LogP contribution in [0.2, 0.25) is 5.02 Å². The first-order valence-electron chi connectivity index (χ1n) is 7.78. The number of hydrogen-bond acceptors (Lipinski definition) is 3. The van der Waals surface area contributed by atoms with Crippen molar-refractivity contribution in [2.75, 3.05) is 0 Å². The second kappa shape index (κ2) is 5.86. The van der Waals surface area contributed by atoms with E-state index in [-0.39, 0.29) is 11.1 Å². The summed E-state index contributed by atoms with van der Waals surface area (Å²) in [7, 11) is 0. The fraction of sp³-hybridized carbons (Fsp3) is 0.105. The van der Waals surface area contributed by atoms with E-state index in [0.29, 0.717) is 34.8 Å². The van der Waals surface area contributed by atoms with Crippen LogP contribution in [0, 0.1) is 0 Å². The van der Waals surface area contributed by atoms with E-state index < -0.39 is 5.97 Å². The van der Waals surface area contributed by atoms with Crippen molar-refractivity contribution in [3.05, 3.63) is 80.4 Å². The van der Waals surface area contributed by atoms with Gasteiger partial charge in [-0.1, -0.05) is 29.8 Å². The molecule has 0 saturated carbocycles. The minimum Gasteiger partial charge on any atom is -0.478 e. The number of aromatic nitrogens is 2. The van der Waals surface area contributed by atoms with Gasteiger partial charge in [0.25, 0.3) is 5.56 Å². The van der Waals surface area contributed by atoms with Crippen molar-refractivity contribution in [2.45, 2.75) is 12.8 Å². The molecule has 3 aromatic rings. The molecule has 0 radical (unpaired) electrons. The van der Waals surface area contributed by atoms with Gasteiger partial charge >= 0.3 is 5.97 Å². The first kappa shape index (κ1) is 15.6. The van der Waals surface area contributed by atoms with Gasteiger partial charge in [0.1, 0.15) is 5.65 Å². The Morgan fingerprint density at radius 3 is 2.76 bits per heavy atom. The highest BCUT2D eigenvalue weighted by Gasteiger charge is 2.23. The van der Waals surface area contributed by atoms with E-state index in [1.807, 2.05) is 30.3 Å². The van der Waals surface area contributed by atoms with E-state index in [1.165, 1.54) is 16.7 Å².